The number of thioether (sulfide) groups is 1. The first-order valence-corrected chi connectivity index (χ1v) is 13.8. The molecule has 0 unspecified atom stereocenters. The second kappa shape index (κ2) is 11.3. The maximum absolute atomic E-state index is 13.0. The Morgan fingerprint density at radius 2 is 1.73 bits per heavy atom. The molecular formula is C27H33N3OS2. The number of benzene rings is 2. The Hall–Kier alpha value is -2.12. The zero-order chi connectivity index (χ0) is 23.2. The number of carbonyl (C=O) groups excluding carboxylic acids is 1. The second-order valence-electron chi connectivity index (χ2n) is 8.32. The van der Waals surface area contributed by atoms with Crippen molar-refractivity contribution in [1.82, 2.24) is 9.80 Å². The average Bonchev–Trinajstić information content (AvgIpc) is 3.27. The van der Waals surface area contributed by atoms with Crippen molar-refractivity contribution in [3.63, 3.8) is 0 Å². The third kappa shape index (κ3) is 5.69. The number of hydrogen-bond acceptors (Lipinski definition) is 5. The number of aryl methyl sites for hydroxylation is 1. The molecule has 1 aliphatic heterocycles. The highest BCUT2D eigenvalue weighted by atomic mass is 32.2. The van der Waals surface area contributed by atoms with Crippen molar-refractivity contribution < 1.29 is 4.79 Å². The molecule has 4 nitrogen and oxygen atoms in total. The van der Waals surface area contributed by atoms with Gasteiger partial charge in [0, 0.05) is 47.1 Å². The van der Waals surface area contributed by atoms with Gasteiger partial charge in [-0.3, -0.25) is 9.69 Å². The van der Waals surface area contributed by atoms with Crippen LogP contribution in [-0.2, 0) is 6.42 Å². The Morgan fingerprint density at radius 3 is 2.33 bits per heavy atom. The van der Waals surface area contributed by atoms with E-state index in [2.05, 4.69) is 65.6 Å². The number of likely N-dealkylation sites (N-methyl/N-ethyl adjacent to an activating group) is 1. The average molecular weight is 480 g/mol. The molecule has 1 amide bonds. The maximum atomic E-state index is 13.0. The van der Waals surface area contributed by atoms with Gasteiger partial charge in [-0.15, -0.1) is 23.1 Å². The van der Waals surface area contributed by atoms with Crippen molar-refractivity contribution >= 4 is 34.0 Å². The molecule has 1 atom stereocenters. The molecule has 2 heterocycles. The summed E-state index contributed by atoms with van der Waals surface area (Å²) in [6.07, 6.45) is 3.07. The minimum Gasteiger partial charge on any atom is -0.313 e. The highest BCUT2D eigenvalue weighted by molar-refractivity contribution is 7.98. The van der Waals surface area contributed by atoms with Gasteiger partial charge in [-0.25, -0.2) is 0 Å². The van der Waals surface area contributed by atoms with E-state index in [9.17, 15) is 4.79 Å². The first-order valence-electron chi connectivity index (χ1n) is 11.7. The smallest absolute Gasteiger partial charge is 0.256 e. The number of rotatable bonds is 8. The van der Waals surface area contributed by atoms with Crippen LogP contribution in [0.1, 0.15) is 46.3 Å². The van der Waals surface area contributed by atoms with Gasteiger partial charge in [-0.1, -0.05) is 44.2 Å². The molecule has 0 radical (unpaired) electrons. The molecule has 2 aromatic carbocycles. The monoisotopic (exact) mass is 479 g/mol. The summed E-state index contributed by atoms with van der Waals surface area (Å²) in [5.41, 5.74) is 3.18. The third-order valence-electron chi connectivity index (χ3n) is 6.37. The number of amides is 1. The van der Waals surface area contributed by atoms with Crippen LogP contribution in [0, 0.1) is 0 Å². The molecule has 33 heavy (non-hydrogen) atoms. The highest BCUT2D eigenvalue weighted by Crippen LogP contribution is 2.40. The Bertz CT molecular complexity index is 1040. The first kappa shape index (κ1) is 24.0. The van der Waals surface area contributed by atoms with Crippen LogP contribution in [0.3, 0.4) is 0 Å². The molecule has 0 bridgehead atoms. The summed E-state index contributed by atoms with van der Waals surface area (Å²) in [5.74, 6) is -0.0476. The molecule has 0 aliphatic carbocycles. The number of nitrogens with one attached hydrogen (secondary N) is 1. The molecule has 4 rings (SSSR count). The highest BCUT2D eigenvalue weighted by Gasteiger charge is 2.29. The van der Waals surface area contributed by atoms with Gasteiger partial charge in [-0.2, -0.15) is 0 Å². The van der Waals surface area contributed by atoms with E-state index >= 15 is 0 Å². The first-order chi connectivity index (χ1) is 16.1. The van der Waals surface area contributed by atoms with Gasteiger partial charge in [-0.05, 0) is 55.1 Å². The lowest BCUT2D eigenvalue weighted by Gasteiger charge is -2.39. The lowest BCUT2D eigenvalue weighted by atomic mass is 9.97. The van der Waals surface area contributed by atoms with E-state index < -0.39 is 0 Å². The van der Waals surface area contributed by atoms with E-state index in [-0.39, 0.29) is 11.9 Å². The number of nitrogens with zero attached hydrogens (tertiary/aromatic N) is 2. The number of anilines is 1. The van der Waals surface area contributed by atoms with Crippen molar-refractivity contribution in [2.75, 3.05) is 44.3 Å². The van der Waals surface area contributed by atoms with Crippen LogP contribution in [-0.4, -0.2) is 54.7 Å². The molecule has 0 saturated carbocycles. The zero-order valence-electron chi connectivity index (χ0n) is 19.7. The molecule has 3 aromatic rings. The standard InChI is InChI=1S/C27H33N3OS2/c1-4-22-19-24(27(33-22)28-26(31)21-9-7-6-8-10-21)25(20-11-13-23(32-3)14-12-20)30-17-15-29(5-2)16-18-30/h6-14,19,25H,4-5,15-18H2,1-3H3,(H,28,31)/t25-/m0/s1. The van der Waals surface area contributed by atoms with Crippen LogP contribution >= 0.6 is 23.1 Å². The summed E-state index contributed by atoms with van der Waals surface area (Å²) >= 11 is 3.47. The van der Waals surface area contributed by atoms with Gasteiger partial charge in [0.25, 0.3) is 5.91 Å². The van der Waals surface area contributed by atoms with E-state index in [4.69, 9.17) is 0 Å². The van der Waals surface area contributed by atoms with Crippen molar-refractivity contribution in [2.24, 2.45) is 0 Å². The van der Waals surface area contributed by atoms with Crippen LogP contribution in [0.15, 0.2) is 65.6 Å². The molecular weight excluding hydrogens is 446 g/mol. The summed E-state index contributed by atoms with van der Waals surface area (Å²) in [6.45, 7) is 9.70. The fraction of sp³-hybridized carbons (Fsp3) is 0.370. The fourth-order valence-corrected chi connectivity index (χ4v) is 5.84. The van der Waals surface area contributed by atoms with Crippen molar-refractivity contribution in [2.45, 2.75) is 31.2 Å². The van der Waals surface area contributed by atoms with Crippen molar-refractivity contribution in [3.8, 4) is 0 Å². The zero-order valence-corrected chi connectivity index (χ0v) is 21.3. The van der Waals surface area contributed by atoms with Crippen LogP contribution in [0.4, 0.5) is 5.00 Å². The van der Waals surface area contributed by atoms with Crippen molar-refractivity contribution in [1.29, 1.82) is 0 Å². The fourth-order valence-electron chi connectivity index (χ4n) is 4.41. The quantitative estimate of drug-likeness (QED) is 0.401. The van der Waals surface area contributed by atoms with E-state index in [1.165, 1.54) is 20.9 Å². The normalized spacial score (nSPS) is 16.0. The van der Waals surface area contributed by atoms with Crippen LogP contribution in [0.2, 0.25) is 0 Å². The number of piperazine rings is 1. The van der Waals surface area contributed by atoms with Crippen LogP contribution in [0.25, 0.3) is 0 Å². The van der Waals surface area contributed by atoms with Gasteiger partial charge in [0.1, 0.15) is 5.00 Å². The largest absolute Gasteiger partial charge is 0.313 e. The Kier molecular flexibility index (Phi) is 8.25. The molecule has 1 N–H and O–H groups in total. The van der Waals surface area contributed by atoms with Gasteiger partial charge in [0.15, 0.2) is 0 Å². The molecule has 6 heteroatoms. The number of carbonyl (C=O) groups is 1. The van der Waals surface area contributed by atoms with Gasteiger partial charge >= 0.3 is 0 Å². The molecule has 1 saturated heterocycles. The van der Waals surface area contributed by atoms with E-state index in [1.54, 1.807) is 23.1 Å². The SMILES string of the molecule is CCc1cc([C@H](c2ccc(SC)cc2)N2CCN(CC)CC2)c(NC(=O)c2ccccc2)s1. The van der Waals surface area contributed by atoms with Crippen LogP contribution < -0.4 is 5.32 Å². The second-order valence-corrected chi connectivity index (χ2v) is 10.3. The third-order valence-corrected chi connectivity index (χ3v) is 8.32. The number of thiophene rings is 1. The molecule has 0 spiro atoms. The topological polar surface area (TPSA) is 35.6 Å². The number of hydrogen-bond donors (Lipinski definition) is 1. The summed E-state index contributed by atoms with van der Waals surface area (Å²) in [4.78, 5) is 20.7. The molecule has 1 fully saturated rings. The summed E-state index contributed by atoms with van der Waals surface area (Å²) in [5, 5.41) is 4.22. The minimum atomic E-state index is -0.0476. The van der Waals surface area contributed by atoms with E-state index in [1.807, 2.05) is 30.3 Å². The molecule has 1 aromatic heterocycles. The Morgan fingerprint density at radius 1 is 1.03 bits per heavy atom. The molecule has 1 aliphatic rings. The predicted molar refractivity (Wildman–Crippen MR) is 142 cm³/mol. The molecule has 174 valence electrons. The summed E-state index contributed by atoms with van der Waals surface area (Å²) < 4.78 is 0. The summed E-state index contributed by atoms with van der Waals surface area (Å²) in [7, 11) is 0. The van der Waals surface area contributed by atoms with E-state index in [0.29, 0.717) is 5.56 Å². The predicted octanol–water partition coefficient (Wildman–Crippen LogP) is 6.01. The van der Waals surface area contributed by atoms with Gasteiger partial charge in [0.2, 0.25) is 0 Å². The lowest BCUT2D eigenvalue weighted by Crippen LogP contribution is -2.47. The summed E-state index contributed by atoms with van der Waals surface area (Å²) in [6, 6.07) is 20.9. The van der Waals surface area contributed by atoms with E-state index in [0.717, 1.165) is 44.1 Å². The Balaban J connectivity index is 1.71. The lowest BCUT2D eigenvalue weighted by molar-refractivity contribution is 0.102. The van der Waals surface area contributed by atoms with Gasteiger partial charge in [0.05, 0.1) is 6.04 Å². The minimum absolute atomic E-state index is 0.0476. The van der Waals surface area contributed by atoms with Crippen molar-refractivity contribution in [3.05, 3.63) is 82.2 Å². The van der Waals surface area contributed by atoms with Crippen LogP contribution in [0.5, 0.6) is 0 Å². The Labute approximate surface area is 206 Å². The maximum Gasteiger partial charge on any atom is 0.256 e. The van der Waals surface area contributed by atoms with Gasteiger partial charge < -0.3 is 10.2 Å².